The highest BCUT2D eigenvalue weighted by molar-refractivity contribution is 7.93. The molecule has 1 unspecified atom stereocenters. The van der Waals surface area contributed by atoms with Gasteiger partial charge in [-0.05, 0) is 30.9 Å². The lowest BCUT2D eigenvalue weighted by Crippen LogP contribution is -2.21. The van der Waals surface area contributed by atoms with Crippen LogP contribution in [0.3, 0.4) is 0 Å². The molecule has 7 nitrogen and oxygen atoms in total. The van der Waals surface area contributed by atoms with Crippen LogP contribution < -0.4 is 0 Å². The van der Waals surface area contributed by atoms with Gasteiger partial charge in [0, 0.05) is 23.8 Å². The summed E-state index contributed by atoms with van der Waals surface area (Å²) >= 11 is 1.14. The molecule has 0 saturated heterocycles. The number of aldehydes is 1. The predicted octanol–water partition coefficient (Wildman–Crippen LogP) is 4.01. The van der Waals surface area contributed by atoms with Crippen molar-refractivity contribution < 1.29 is 27.2 Å². The molecule has 0 N–H and O–H groups in total. The molecule has 2 heterocycles. The van der Waals surface area contributed by atoms with Gasteiger partial charge >= 0.3 is 0 Å². The smallest absolute Gasteiger partial charge is 0.199 e. The molecule has 0 bridgehead atoms. The first-order valence-corrected chi connectivity index (χ1v) is 11.7. The number of carbonyl (C=O) groups excluding carboxylic acids is 1. The summed E-state index contributed by atoms with van der Waals surface area (Å²) in [4.78, 5) is 10.9. The van der Waals surface area contributed by atoms with Crippen molar-refractivity contribution in [2.24, 2.45) is 0 Å². The minimum absolute atomic E-state index is 0.0695. The highest BCUT2D eigenvalue weighted by Crippen LogP contribution is 2.39. The highest BCUT2D eigenvalue weighted by Gasteiger charge is 2.36. The first kappa shape index (κ1) is 22.4. The minimum atomic E-state index is -3.84. The largest absolute Gasteiger partial charge is 0.382 e. The molecule has 0 spiro atoms. The van der Waals surface area contributed by atoms with Crippen LogP contribution >= 0.6 is 11.3 Å². The first-order chi connectivity index (χ1) is 14.4. The second-order valence-electron chi connectivity index (χ2n) is 6.71. The summed E-state index contributed by atoms with van der Waals surface area (Å²) in [6.07, 6.45) is 0.748. The lowest BCUT2D eigenvalue weighted by molar-refractivity contribution is 0.0698. The van der Waals surface area contributed by atoms with Crippen molar-refractivity contribution in [3.63, 3.8) is 0 Å². The number of benzene rings is 1. The quantitative estimate of drug-likeness (QED) is 0.341. The zero-order chi connectivity index (χ0) is 21.7. The van der Waals surface area contributed by atoms with Crippen LogP contribution in [-0.4, -0.2) is 46.8 Å². The van der Waals surface area contributed by atoms with E-state index in [1.54, 1.807) is 56.7 Å². The van der Waals surface area contributed by atoms with Gasteiger partial charge in [0.15, 0.2) is 9.84 Å². The van der Waals surface area contributed by atoms with Crippen molar-refractivity contribution in [3.05, 3.63) is 58.3 Å². The van der Waals surface area contributed by atoms with Crippen LogP contribution in [0, 0.1) is 13.8 Å². The van der Waals surface area contributed by atoms with Crippen LogP contribution in [0.25, 0.3) is 11.1 Å². The van der Waals surface area contributed by atoms with Gasteiger partial charge in [-0.15, -0.1) is 11.3 Å². The zero-order valence-corrected chi connectivity index (χ0v) is 18.6. The average Bonchev–Trinajstić information content (AvgIpc) is 3.36. The average molecular weight is 450 g/mol. The molecule has 0 aliphatic carbocycles. The molecular formula is C21H23NO6S2. The fourth-order valence-corrected chi connectivity index (χ4v) is 6.22. The number of hydrogen-bond acceptors (Lipinski definition) is 8. The normalized spacial score (nSPS) is 12.8. The fourth-order valence-electron chi connectivity index (χ4n) is 2.98. The third kappa shape index (κ3) is 4.54. The van der Waals surface area contributed by atoms with Gasteiger partial charge < -0.3 is 14.0 Å². The number of sulfone groups is 1. The summed E-state index contributed by atoms with van der Waals surface area (Å²) in [6, 6.07) is 8.55. The first-order valence-electron chi connectivity index (χ1n) is 9.26. The van der Waals surface area contributed by atoms with Crippen molar-refractivity contribution in [1.29, 1.82) is 0 Å². The number of thiophene rings is 1. The van der Waals surface area contributed by atoms with Crippen LogP contribution in [0.15, 0.2) is 44.4 Å². The number of aryl methyl sites for hydroxylation is 1. The van der Waals surface area contributed by atoms with E-state index in [1.165, 1.54) is 0 Å². The lowest BCUT2D eigenvalue weighted by Gasteiger charge is -2.17. The van der Waals surface area contributed by atoms with Crippen molar-refractivity contribution in [2.75, 3.05) is 26.9 Å². The van der Waals surface area contributed by atoms with Crippen molar-refractivity contribution in [1.82, 2.24) is 5.16 Å². The Kier molecular flexibility index (Phi) is 7.19. The van der Waals surface area contributed by atoms with E-state index in [9.17, 15) is 13.2 Å². The number of rotatable bonds is 10. The lowest BCUT2D eigenvalue weighted by atomic mass is 10.1. The van der Waals surface area contributed by atoms with Gasteiger partial charge in [0.05, 0.1) is 19.8 Å². The van der Waals surface area contributed by atoms with Gasteiger partial charge in [0.1, 0.15) is 27.2 Å². The van der Waals surface area contributed by atoms with Crippen LogP contribution in [0.5, 0.6) is 0 Å². The van der Waals surface area contributed by atoms with Crippen LogP contribution in [0.4, 0.5) is 0 Å². The minimum Gasteiger partial charge on any atom is -0.382 e. The summed E-state index contributed by atoms with van der Waals surface area (Å²) in [6.45, 7) is 4.08. The van der Waals surface area contributed by atoms with Crippen molar-refractivity contribution in [2.45, 2.75) is 23.3 Å². The molecule has 0 fully saturated rings. The molecule has 9 heteroatoms. The van der Waals surface area contributed by atoms with Crippen molar-refractivity contribution >= 4 is 27.5 Å². The van der Waals surface area contributed by atoms with Gasteiger partial charge in [-0.1, -0.05) is 29.4 Å². The number of nitrogens with zero attached hydrogens (tertiary/aromatic N) is 1. The summed E-state index contributed by atoms with van der Waals surface area (Å²) < 4.78 is 43.4. The van der Waals surface area contributed by atoms with E-state index in [-0.39, 0.29) is 17.4 Å². The van der Waals surface area contributed by atoms with Crippen LogP contribution in [0.1, 0.15) is 32.6 Å². The molecule has 3 rings (SSSR count). The summed E-state index contributed by atoms with van der Waals surface area (Å²) in [5.74, 6) is 0.568. The van der Waals surface area contributed by atoms with Crippen LogP contribution in [0.2, 0.25) is 0 Å². The van der Waals surface area contributed by atoms with Gasteiger partial charge in [0.25, 0.3) is 0 Å². The van der Waals surface area contributed by atoms with Gasteiger partial charge in [-0.2, -0.15) is 0 Å². The number of methoxy groups -OCH3 is 1. The molecule has 2 aromatic heterocycles. The summed E-state index contributed by atoms with van der Waals surface area (Å²) in [7, 11) is -2.29. The Morgan fingerprint density at radius 2 is 1.90 bits per heavy atom. The Bertz CT molecular complexity index is 1100. The molecular weight excluding hydrogens is 426 g/mol. The second kappa shape index (κ2) is 9.65. The van der Waals surface area contributed by atoms with Gasteiger partial charge in [0.2, 0.25) is 0 Å². The number of aromatic nitrogens is 1. The van der Waals surface area contributed by atoms with E-state index in [1.807, 2.05) is 0 Å². The number of ether oxygens (including phenoxy) is 2. The molecule has 160 valence electrons. The van der Waals surface area contributed by atoms with Gasteiger partial charge in [-0.25, -0.2) is 8.42 Å². The monoisotopic (exact) mass is 449 g/mol. The Morgan fingerprint density at radius 3 is 2.50 bits per heavy atom. The second-order valence-corrected chi connectivity index (χ2v) is 9.95. The molecule has 1 atom stereocenters. The SMILES string of the molecule is COCCOCC(c1noc(C)c1C)S(=O)(=O)c1sccc1-c1ccc(C=O)cc1. The molecule has 0 saturated carbocycles. The molecule has 0 radical (unpaired) electrons. The molecule has 3 aromatic rings. The van der Waals surface area contributed by atoms with Gasteiger partial charge in [-0.3, -0.25) is 4.79 Å². The maximum absolute atomic E-state index is 13.7. The van der Waals surface area contributed by atoms with Crippen molar-refractivity contribution in [3.8, 4) is 11.1 Å². The maximum Gasteiger partial charge on any atom is 0.199 e. The number of carbonyl (C=O) groups is 1. The Hall–Kier alpha value is -2.33. The third-order valence-corrected chi connectivity index (χ3v) is 8.36. The maximum atomic E-state index is 13.7. The van der Waals surface area contributed by atoms with E-state index < -0.39 is 15.1 Å². The summed E-state index contributed by atoms with van der Waals surface area (Å²) in [5, 5.41) is 4.74. The van der Waals surface area contributed by atoms with E-state index in [4.69, 9.17) is 14.0 Å². The topological polar surface area (TPSA) is 95.7 Å². The Morgan fingerprint density at radius 1 is 1.17 bits per heavy atom. The predicted molar refractivity (Wildman–Crippen MR) is 114 cm³/mol. The highest BCUT2D eigenvalue weighted by atomic mass is 32.2. The van der Waals surface area contributed by atoms with E-state index >= 15 is 0 Å². The summed E-state index contributed by atoms with van der Waals surface area (Å²) in [5.41, 5.74) is 2.86. The standard InChI is InChI=1S/C21H23NO6S2/c1-14-15(2)28-22-20(14)19(13-27-10-9-26-3)30(24,25)21-18(8-11-29-21)17-6-4-16(12-23)5-7-17/h4-8,11-12,19H,9-10,13H2,1-3H3. The van der Waals surface area contributed by atoms with Crippen LogP contribution in [-0.2, 0) is 19.3 Å². The van der Waals surface area contributed by atoms with E-state index in [0.29, 0.717) is 40.3 Å². The fraction of sp³-hybridized carbons (Fsp3) is 0.333. The number of hydrogen-bond donors (Lipinski definition) is 0. The molecule has 0 aliphatic rings. The molecule has 30 heavy (non-hydrogen) atoms. The third-order valence-electron chi connectivity index (χ3n) is 4.82. The van der Waals surface area contributed by atoms with E-state index in [0.717, 1.165) is 17.6 Å². The van der Waals surface area contributed by atoms with E-state index in [2.05, 4.69) is 5.16 Å². The molecule has 1 aromatic carbocycles. The zero-order valence-electron chi connectivity index (χ0n) is 17.0. The Labute approximate surface area is 179 Å². The molecule has 0 aliphatic heterocycles. The molecule has 0 amide bonds. The Balaban J connectivity index is 2.02.